The molecule has 4 nitrogen and oxygen atoms in total. The van der Waals surface area contributed by atoms with Crippen LogP contribution < -0.4 is 5.90 Å². The summed E-state index contributed by atoms with van der Waals surface area (Å²) in [5, 5.41) is 1.14. The Bertz CT molecular complexity index is 482. The number of halogens is 1. The molecule has 1 aromatic carbocycles. The zero-order valence-corrected chi connectivity index (χ0v) is 9.42. The van der Waals surface area contributed by atoms with Crippen molar-refractivity contribution in [1.29, 1.82) is 0 Å². The molecule has 2 rings (SSSR count). The lowest BCUT2D eigenvalue weighted by molar-refractivity contribution is -0.144. The zero-order valence-electron chi connectivity index (χ0n) is 8.60. The molecule has 0 fully saturated rings. The average molecular weight is 241 g/mol. The summed E-state index contributed by atoms with van der Waals surface area (Å²) in [5.41, 5.74) is 2.18. The molecule has 1 aromatic heterocycles. The molecule has 0 spiro atoms. The Kier molecular flexibility index (Phi) is 4.34. The molecule has 0 bridgehead atoms. The lowest BCUT2D eigenvalue weighted by atomic mass is 10.1. The second-order valence-electron chi connectivity index (χ2n) is 3.35. The van der Waals surface area contributed by atoms with Gasteiger partial charge in [-0.05, 0) is 18.1 Å². The first-order chi connectivity index (χ1) is 7.31. The van der Waals surface area contributed by atoms with Gasteiger partial charge in [-0.1, -0.05) is 18.2 Å². The van der Waals surface area contributed by atoms with Crippen LogP contribution in [-0.2, 0) is 16.1 Å². The number of carbonyl (C=O) groups excluding carboxylic acids is 1. The van der Waals surface area contributed by atoms with Gasteiger partial charge in [0.2, 0.25) is 0 Å². The van der Waals surface area contributed by atoms with Gasteiger partial charge in [0.15, 0.2) is 0 Å². The third kappa shape index (κ3) is 2.53. The number of H-pyrrole nitrogens is 1. The van der Waals surface area contributed by atoms with E-state index in [0.717, 1.165) is 16.5 Å². The van der Waals surface area contributed by atoms with Crippen molar-refractivity contribution in [3.8, 4) is 0 Å². The van der Waals surface area contributed by atoms with E-state index in [9.17, 15) is 4.79 Å². The molecule has 0 saturated carbocycles. The van der Waals surface area contributed by atoms with Crippen LogP contribution in [0.5, 0.6) is 0 Å². The maximum absolute atomic E-state index is 10.9. The first-order valence-electron chi connectivity index (χ1n) is 4.76. The number of aromatic amines is 1. The standard InChI is InChI=1S/C11H12N2O2.ClH/c12-15-11(14)6-5-8-7-13-10-4-2-1-3-9(8)10;/h1-4,7,13H,5-6,12H2;1H. The molecule has 16 heavy (non-hydrogen) atoms. The quantitative estimate of drug-likeness (QED) is 0.806. The molecule has 86 valence electrons. The van der Waals surface area contributed by atoms with Gasteiger partial charge < -0.3 is 9.82 Å². The fourth-order valence-corrected chi connectivity index (χ4v) is 1.63. The van der Waals surface area contributed by atoms with Gasteiger partial charge in [-0.2, -0.15) is 5.90 Å². The second-order valence-corrected chi connectivity index (χ2v) is 3.35. The molecular formula is C11H13ClN2O2. The van der Waals surface area contributed by atoms with Crippen molar-refractivity contribution in [3.63, 3.8) is 0 Å². The Morgan fingerprint density at radius 2 is 2.12 bits per heavy atom. The van der Waals surface area contributed by atoms with E-state index in [2.05, 4.69) is 9.82 Å². The highest BCUT2D eigenvalue weighted by Crippen LogP contribution is 2.18. The molecule has 0 aliphatic heterocycles. The minimum absolute atomic E-state index is 0. The number of benzene rings is 1. The second kappa shape index (κ2) is 5.53. The highest BCUT2D eigenvalue weighted by Gasteiger charge is 2.06. The number of hydrogen-bond acceptors (Lipinski definition) is 3. The van der Waals surface area contributed by atoms with E-state index in [1.54, 1.807) is 0 Å². The summed E-state index contributed by atoms with van der Waals surface area (Å²) >= 11 is 0. The lowest BCUT2D eigenvalue weighted by Gasteiger charge is -1.97. The molecule has 0 atom stereocenters. The zero-order chi connectivity index (χ0) is 10.7. The number of fused-ring (bicyclic) bond motifs is 1. The maximum atomic E-state index is 10.9. The number of para-hydroxylation sites is 1. The van der Waals surface area contributed by atoms with Crippen molar-refractivity contribution < 1.29 is 9.63 Å². The van der Waals surface area contributed by atoms with Crippen molar-refractivity contribution in [2.75, 3.05) is 0 Å². The van der Waals surface area contributed by atoms with Gasteiger partial charge in [0.05, 0.1) is 6.42 Å². The lowest BCUT2D eigenvalue weighted by Crippen LogP contribution is -2.10. The highest BCUT2D eigenvalue weighted by atomic mass is 35.5. The molecule has 5 heteroatoms. The predicted molar refractivity (Wildman–Crippen MR) is 64.1 cm³/mol. The monoisotopic (exact) mass is 240 g/mol. The Labute approximate surface area is 99.1 Å². The van der Waals surface area contributed by atoms with Crippen molar-refractivity contribution in [2.24, 2.45) is 5.90 Å². The third-order valence-electron chi connectivity index (χ3n) is 2.40. The van der Waals surface area contributed by atoms with E-state index in [4.69, 9.17) is 5.90 Å². The molecular weight excluding hydrogens is 228 g/mol. The van der Waals surface area contributed by atoms with Gasteiger partial charge in [-0.25, -0.2) is 0 Å². The number of aryl methyl sites for hydroxylation is 1. The van der Waals surface area contributed by atoms with Gasteiger partial charge in [-0.3, -0.25) is 4.79 Å². The summed E-state index contributed by atoms with van der Waals surface area (Å²) in [6, 6.07) is 7.96. The van der Waals surface area contributed by atoms with E-state index in [-0.39, 0.29) is 18.4 Å². The number of nitrogens with two attached hydrogens (primary N) is 1. The first-order valence-corrected chi connectivity index (χ1v) is 4.76. The first kappa shape index (κ1) is 12.5. The number of carbonyl (C=O) groups is 1. The molecule has 0 radical (unpaired) electrons. The summed E-state index contributed by atoms with van der Waals surface area (Å²) < 4.78 is 0. The summed E-state index contributed by atoms with van der Waals surface area (Å²) in [4.78, 5) is 18.1. The molecule has 2 aromatic rings. The van der Waals surface area contributed by atoms with Gasteiger partial charge in [-0.15, -0.1) is 12.4 Å². The molecule has 0 aliphatic rings. The van der Waals surface area contributed by atoms with Crippen LogP contribution in [0.25, 0.3) is 10.9 Å². The Balaban J connectivity index is 0.00000128. The summed E-state index contributed by atoms with van der Waals surface area (Å²) in [7, 11) is 0. The van der Waals surface area contributed by atoms with Crippen LogP contribution in [0.4, 0.5) is 0 Å². The number of rotatable bonds is 3. The SMILES string of the molecule is Cl.NOC(=O)CCc1c[nH]c2ccccc12. The highest BCUT2D eigenvalue weighted by molar-refractivity contribution is 5.85. The van der Waals surface area contributed by atoms with E-state index in [1.807, 2.05) is 30.5 Å². The minimum Gasteiger partial charge on any atom is -0.373 e. The maximum Gasteiger partial charge on any atom is 0.324 e. The molecule has 0 amide bonds. The Morgan fingerprint density at radius 1 is 1.38 bits per heavy atom. The van der Waals surface area contributed by atoms with Crippen LogP contribution in [-0.4, -0.2) is 11.0 Å². The summed E-state index contributed by atoms with van der Waals surface area (Å²) in [5.74, 6) is 4.38. The van der Waals surface area contributed by atoms with Crippen molar-refractivity contribution in [2.45, 2.75) is 12.8 Å². The van der Waals surface area contributed by atoms with Crippen LogP contribution >= 0.6 is 12.4 Å². The molecule has 0 aliphatic carbocycles. The van der Waals surface area contributed by atoms with Gasteiger partial charge >= 0.3 is 5.97 Å². The predicted octanol–water partition coefficient (Wildman–Crippen LogP) is 1.94. The van der Waals surface area contributed by atoms with E-state index in [0.29, 0.717) is 12.8 Å². The van der Waals surface area contributed by atoms with Gasteiger partial charge in [0, 0.05) is 17.1 Å². The summed E-state index contributed by atoms with van der Waals surface area (Å²) in [6.45, 7) is 0. The van der Waals surface area contributed by atoms with Crippen molar-refractivity contribution in [1.82, 2.24) is 4.98 Å². The van der Waals surface area contributed by atoms with Crippen LogP contribution in [0.3, 0.4) is 0 Å². The minimum atomic E-state index is -0.389. The summed E-state index contributed by atoms with van der Waals surface area (Å²) in [6.07, 6.45) is 2.85. The fourth-order valence-electron chi connectivity index (χ4n) is 1.63. The Hall–Kier alpha value is -1.52. The van der Waals surface area contributed by atoms with Gasteiger partial charge in [0.25, 0.3) is 0 Å². The molecule has 0 saturated heterocycles. The van der Waals surface area contributed by atoms with Crippen LogP contribution in [0.1, 0.15) is 12.0 Å². The van der Waals surface area contributed by atoms with Crippen LogP contribution in [0.15, 0.2) is 30.5 Å². The smallest absolute Gasteiger partial charge is 0.324 e. The number of nitrogens with one attached hydrogen (secondary N) is 1. The molecule has 0 unspecified atom stereocenters. The number of aromatic nitrogens is 1. The van der Waals surface area contributed by atoms with Crippen molar-refractivity contribution in [3.05, 3.63) is 36.0 Å². The third-order valence-corrected chi connectivity index (χ3v) is 2.40. The van der Waals surface area contributed by atoms with Crippen molar-refractivity contribution >= 4 is 29.3 Å². The van der Waals surface area contributed by atoms with E-state index >= 15 is 0 Å². The number of hydrogen-bond donors (Lipinski definition) is 2. The van der Waals surface area contributed by atoms with E-state index < -0.39 is 0 Å². The molecule has 3 N–H and O–H groups in total. The fraction of sp³-hybridized carbons (Fsp3) is 0.182. The van der Waals surface area contributed by atoms with E-state index in [1.165, 1.54) is 0 Å². The molecule has 1 heterocycles. The Morgan fingerprint density at radius 3 is 2.88 bits per heavy atom. The van der Waals surface area contributed by atoms with Crippen LogP contribution in [0, 0.1) is 0 Å². The topological polar surface area (TPSA) is 68.1 Å². The average Bonchev–Trinajstić information content (AvgIpc) is 2.69. The largest absolute Gasteiger partial charge is 0.373 e. The van der Waals surface area contributed by atoms with Crippen LogP contribution in [0.2, 0.25) is 0 Å². The van der Waals surface area contributed by atoms with Gasteiger partial charge in [0.1, 0.15) is 0 Å². The normalized spacial score (nSPS) is 9.81.